The van der Waals surface area contributed by atoms with Gasteiger partial charge in [0.25, 0.3) is 10.0 Å². The predicted octanol–water partition coefficient (Wildman–Crippen LogP) is 6.05. The Morgan fingerprint density at radius 2 is 1.76 bits per heavy atom. The van der Waals surface area contributed by atoms with Crippen LogP contribution in [0.4, 0.5) is 4.39 Å². The Morgan fingerprint density at radius 1 is 1.06 bits per heavy atom. The monoisotopic (exact) mass is 507 g/mol. The molecule has 0 saturated heterocycles. The molecule has 0 fully saturated rings. The zero-order chi connectivity index (χ0) is 23.9. The van der Waals surface area contributed by atoms with Crippen LogP contribution in [-0.2, 0) is 21.2 Å². The molecule has 10 heteroatoms. The van der Waals surface area contributed by atoms with Gasteiger partial charge in [-0.05, 0) is 67.1 Å². The van der Waals surface area contributed by atoms with Gasteiger partial charge in [-0.15, -0.1) is 0 Å². The summed E-state index contributed by atoms with van der Waals surface area (Å²) in [5, 5.41) is 10.2. The minimum atomic E-state index is -4.13. The maximum absolute atomic E-state index is 13.9. The lowest BCUT2D eigenvalue weighted by Gasteiger charge is -2.12. The van der Waals surface area contributed by atoms with Gasteiger partial charge in [0.05, 0.1) is 21.9 Å². The number of aliphatic carboxylic acids is 1. The number of carboxylic acid groups (broad SMARTS) is 1. The van der Waals surface area contributed by atoms with Gasteiger partial charge in [0.1, 0.15) is 17.3 Å². The number of halogens is 3. The highest BCUT2D eigenvalue weighted by Gasteiger charge is 2.26. The van der Waals surface area contributed by atoms with Gasteiger partial charge < -0.3 is 9.84 Å². The van der Waals surface area contributed by atoms with Crippen molar-refractivity contribution in [2.45, 2.75) is 18.2 Å². The molecule has 4 rings (SSSR count). The lowest BCUT2D eigenvalue weighted by atomic mass is 10.1. The average molecular weight is 508 g/mol. The highest BCUT2D eigenvalue weighted by atomic mass is 35.5. The predicted molar refractivity (Wildman–Crippen MR) is 124 cm³/mol. The summed E-state index contributed by atoms with van der Waals surface area (Å²) >= 11 is 12.1. The Balaban J connectivity index is 1.76. The van der Waals surface area contributed by atoms with Crippen LogP contribution in [0, 0.1) is 12.7 Å². The Kier molecular flexibility index (Phi) is 6.09. The molecule has 0 radical (unpaired) electrons. The van der Waals surface area contributed by atoms with E-state index in [1.54, 1.807) is 12.1 Å². The van der Waals surface area contributed by atoms with E-state index in [-0.39, 0.29) is 27.1 Å². The van der Waals surface area contributed by atoms with Crippen molar-refractivity contribution >= 4 is 50.1 Å². The molecular formula is C23H16Cl2FNO5S. The summed E-state index contributed by atoms with van der Waals surface area (Å²) < 4.78 is 47.5. The fourth-order valence-corrected chi connectivity index (χ4v) is 5.47. The molecule has 1 N–H and O–H groups in total. The molecule has 0 spiro atoms. The number of hydrogen-bond donors (Lipinski definition) is 1. The molecule has 0 aliphatic carbocycles. The van der Waals surface area contributed by atoms with Crippen LogP contribution in [0.15, 0.2) is 65.6 Å². The Labute approximate surface area is 198 Å². The molecule has 0 aliphatic heterocycles. The van der Waals surface area contributed by atoms with Crippen LogP contribution in [0.25, 0.3) is 10.9 Å². The second-order valence-electron chi connectivity index (χ2n) is 7.21. The van der Waals surface area contributed by atoms with Crippen molar-refractivity contribution in [2.24, 2.45) is 0 Å². The number of benzene rings is 3. The summed E-state index contributed by atoms with van der Waals surface area (Å²) in [6.07, 6.45) is -0.443. The highest BCUT2D eigenvalue weighted by molar-refractivity contribution is 7.90. The van der Waals surface area contributed by atoms with Gasteiger partial charge in [-0.25, -0.2) is 16.8 Å². The summed E-state index contributed by atoms with van der Waals surface area (Å²) in [6.45, 7) is 1.49. The van der Waals surface area contributed by atoms with Crippen LogP contribution in [0.3, 0.4) is 0 Å². The van der Waals surface area contributed by atoms with Gasteiger partial charge in [0, 0.05) is 22.2 Å². The van der Waals surface area contributed by atoms with Crippen LogP contribution in [0.5, 0.6) is 11.5 Å². The first-order valence-electron chi connectivity index (χ1n) is 9.57. The van der Waals surface area contributed by atoms with E-state index in [0.717, 1.165) is 16.1 Å². The van der Waals surface area contributed by atoms with Crippen molar-refractivity contribution in [1.29, 1.82) is 0 Å². The smallest absolute Gasteiger partial charge is 0.307 e. The minimum Gasteiger partial charge on any atom is -0.481 e. The third-order valence-electron chi connectivity index (χ3n) is 5.05. The van der Waals surface area contributed by atoms with Crippen LogP contribution < -0.4 is 4.74 Å². The van der Waals surface area contributed by atoms with Gasteiger partial charge in [-0.2, -0.15) is 0 Å². The molecule has 0 aliphatic rings. The van der Waals surface area contributed by atoms with E-state index in [0.29, 0.717) is 21.5 Å². The number of rotatable bonds is 6. The van der Waals surface area contributed by atoms with Crippen molar-refractivity contribution in [2.75, 3.05) is 0 Å². The lowest BCUT2D eigenvalue weighted by Crippen LogP contribution is -2.15. The molecule has 0 amide bonds. The number of nitrogens with zero attached hydrogens (tertiary/aromatic N) is 1. The van der Waals surface area contributed by atoms with E-state index in [2.05, 4.69) is 0 Å². The standard InChI is InChI=1S/C23H16Cl2FNO5S/c1-13-18(12-23(28)29)19-11-15(26)3-9-21(19)27(13)33(30,31)17-6-4-16(5-7-17)32-22-10-14(24)2-8-20(22)25/h2-11H,12H2,1H3,(H,28,29). The summed E-state index contributed by atoms with van der Waals surface area (Å²) in [4.78, 5) is 11.3. The number of fused-ring (bicyclic) bond motifs is 1. The number of aromatic nitrogens is 1. The molecule has 0 atom stereocenters. The molecule has 0 bridgehead atoms. The minimum absolute atomic E-state index is 0.0572. The van der Waals surface area contributed by atoms with Gasteiger partial charge in [0.2, 0.25) is 0 Å². The summed E-state index contributed by atoms with van der Waals surface area (Å²) in [6, 6.07) is 13.9. The summed E-state index contributed by atoms with van der Waals surface area (Å²) in [5.74, 6) is -1.10. The maximum Gasteiger partial charge on any atom is 0.307 e. The molecule has 3 aromatic carbocycles. The van der Waals surface area contributed by atoms with E-state index in [1.807, 2.05) is 0 Å². The highest BCUT2D eigenvalue weighted by Crippen LogP contribution is 2.34. The van der Waals surface area contributed by atoms with Gasteiger partial charge >= 0.3 is 5.97 Å². The van der Waals surface area contributed by atoms with Crippen molar-refractivity contribution in [3.8, 4) is 11.5 Å². The quantitative estimate of drug-likeness (QED) is 0.343. The largest absolute Gasteiger partial charge is 0.481 e. The molecule has 0 unspecified atom stereocenters. The lowest BCUT2D eigenvalue weighted by molar-refractivity contribution is -0.136. The van der Waals surface area contributed by atoms with Gasteiger partial charge in [0.15, 0.2) is 0 Å². The molecule has 170 valence electrons. The van der Waals surface area contributed by atoms with Crippen LogP contribution in [0.2, 0.25) is 10.0 Å². The second-order valence-corrected chi connectivity index (χ2v) is 9.84. The molecule has 6 nitrogen and oxygen atoms in total. The van der Waals surface area contributed by atoms with Crippen molar-refractivity contribution in [1.82, 2.24) is 3.97 Å². The first kappa shape index (κ1) is 23.1. The van der Waals surface area contributed by atoms with Crippen LogP contribution in [-0.4, -0.2) is 23.5 Å². The number of hydrogen-bond acceptors (Lipinski definition) is 4. The number of carbonyl (C=O) groups is 1. The van der Waals surface area contributed by atoms with E-state index < -0.39 is 28.2 Å². The molecule has 33 heavy (non-hydrogen) atoms. The number of ether oxygens (including phenoxy) is 1. The Hall–Kier alpha value is -3.07. The zero-order valence-electron chi connectivity index (χ0n) is 17.1. The van der Waals surface area contributed by atoms with E-state index in [9.17, 15) is 22.7 Å². The number of carboxylic acids is 1. The topological polar surface area (TPSA) is 85.6 Å². The van der Waals surface area contributed by atoms with Crippen molar-refractivity contribution < 1.29 is 27.4 Å². The third kappa shape index (κ3) is 4.42. The van der Waals surface area contributed by atoms with E-state index in [4.69, 9.17) is 27.9 Å². The zero-order valence-corrected chi connectivity index (χ0v) is 19.4. The van der Waals surface area contributed by atoms with Crippen LogP contribution in [0.1, 0.15) is 11.3 Å². The average Bonchev–Trinajstić information content (AvgIpc) is 3.02. The Morgan fingerprint density at radius 3 is 2.42 bits per heavy atom. The third-order valence-corrected chi connectivity index (χ3v) is 7.42. The van der Waals surface area contributed by atoms with E-state index >= 15 is 0 Å². The fraction of sp³-hybridized carbons (Fsp3) is 0.0870. The fourth-order valence-electron chi connectivity index (χ4n) is 3.58. The van der Waals surface area contributed by atoms with Crippen molar-refractivity contribution in [3.63, 3.8) is 0 Å². The molecule has 0 saturated carbocycles. The normalized spacial score (nSPS) is 11.6. The maximum atomic E-state index is 13.9. The second kappa shape index (κ2) is 8.70. The first-order valence-corrected chi connectivity index (χ1v) is 11.8. The molecule has 1 heterocycles. The summed E-state index contributed by atoms with van der Waals surface area (Å²) in [5.41, 5.74) is 0.622. The molecule has 4 aromatic rings. The van der Waals surface area contributed by atoms with E-state index in [1.165, 1.54) is 43.3 Å². The van der Waals surface area contributed by atoms with Gasteiger partial charge in [-0.3, -0.25) is 4.79 Å². The van der Waals surface area contributed by atoms with Gasteiger partial charge in [-0.1, -0.05) is 23.2 Å². The van der Waals surface area contributed by atoms with Crippen LogP contribution >= 0.6 is 23.2 Å². The Bertz CT molecular complexity index is 1500. The summed E-state index contributed by atoms with van der Waals surface area (Å²) in [7, 11) is -4.13. The SMILES string of the molecule is Cc1c(CC(=O)O)c2cc(F)ccc2n1S(=O)(=O)c1ccc(Oc2cc(Cl)ccc2Cl)cc1. The molecule has 1 aromatic heterocycles. The van der Waals surface area contributed by atoms with Crippen molar-refractivity contribution in [3.05, 3.63) is 87.8 Å². The molecular weight excluding hydrogens is 492 g/mol. The first-order chi connectivity index (χ1) is 15.6.